The van der Waals surface area contributed by atoms with E-state index in [2.05, 4.69) is 33.9 Å². The molecule has 6 nitrogen and oxygen atoms in total. The Labute approximate surface area is 145 Å². The summed E-state index contributed by atoms with van der Waals surface area (Å²) in [6, 6.07) is 9.62. The van der Waals surface area contributed by atoms with E-state index in [1.54, 1.807) is 0 Å². The third kappa shape index (κ3) is 4.28. The van der Waals surface area contributed by atoms with Crippen molar-refractivity contribution < 1.29 is 8.95 Å². The van der Waals surface area contributed by atoms with Crippen LogP contribution in [0.1, 0.15) is 37.5 Å². The van der Waals surface area contributed by atoms with Crippen molar-refractivity contribution >= 4 is 10.8 Å². The molecule has 24 heavy (non-hydrogen) atoms. The van der Waals surface area contributed by atoms with Gasteiger partial charge in [-0.15, -0.1) is 0 Å². The standard InChI is InChI=1S/C17H24N4O2S/c1-13(2)16-18-17(20-19-16)15-12-21(8-10-23-15)9-11-24(22)14-6-4-3-5-7-14/h3-7,13,15H,8-12H2,1-2H3,(H,18,19,20)/t15-,24+/m0/s1. The van der Waals surface area contributed by atoms with Crippen LogP contribution in [0, 0.1) is 0 Å². The molecule has 1 aliphatic heterocycles. The van der Waals surface area contributed by atoms with Crippen LogP contribution in [0.4, 0.5) is 0 Å². The van der Waals surface area contributed by atoms with Gasteiger partial charge < -0.3 is 4.74 Å². The van der Waals surface area contributed by atoms with Gasteiger partial charge in [0.1, 0.15) is 6.10 Å². The first-order valence-corrected chi connectivity index (χ1v) is 9.65. The van der Waals surface area contributed by atoms with Crippen molar-refractivity contribution in [2.24, 2.45) is 0 Å². The maximum atomic E-state index is 12.3. The van der Waals surface area contributed by atoms with Crippen molar-refractivity contribution in [3.8, 4) is 0 Å². The van der Waals surface area contributed by atoms with Crippen LogP contribution >= 0.6 is 0 Å². The van der Waals surface area contributed by atoms with Crippen LogP contribution in [0.15, 0.2) is 35.2 Å². The van der Waals surface area contributed by atoms with Crippen LogP contribution in [0.5, 0.6) is 0 Å². The second-order valence-corrected chi connectivity index (χ2v) is 7.83. The smallest absolute Gasteiger partial charge is 0.155 e. The predicted molar refractivity (Wildman–Crippen MR) is 93.3 cm³/mol. The fourth-order valence-electron chi connectivity index (χ4n) is 2.66. The molecule has 0 aliphatic carbocycles. The summed E-state index contributed by atoms with van der Waals surface area (Å²) in [5, 5.41) is 7.24. The number of benzene rings is 1. The molecular formula is C17H24N4O2S. The third-order valence-electron chi connectivity index (χ3n) is 4.09. The lowest BCUT2D eigenvalue weighted by Crippen LogP contribution is -2.40. The SMILES string of the molecule is CC(C)c1n[nH]c([C@@H]2CN(CC[S@@](=O)c3ccccc3)CCO2)n1. The summed E-state index contributed by atoms with van der Waals surface area (Å²) in [6.07, 6.45) is -0.0936. The first-order valence-electron chi connectivity index (χ1n) is 8.33. The van der Waals surface area contributed by atoms with E-state index in [1.807, 2.05) is 30.3 Å². The maximum absolute atomic E-state index is 12.3. The Balaban J connectivity index is 1.54. The van der Waals surface area contributed by atoms with Crippen LogP contribution in [0.2, 0.25) is 0 Å². The average molecular weight is 348 g/mol. The normalized spacial score (nSPS) is 20.4. The maximum Gasteiger partial charge on any atom is 0.155 e. The summed E-state index contributed by atoms with van der Waals surface area (Å²) in [5.41, 5.74) is 0. The van der Waals surface area contributed by atoms with E-state index in [0.717, 1.165) is 36.2 Å². The molecule has 1 aromatic heterocycles. The molecule has 0 amide bonds. The van der Waals surface area contributed by atoms with Crippen LogP contribution in [-0.4, -0.2) is 56.3 Å². The van der Waals surface area contributed by atoms with Crippen LogP contribution in [-0.2, 0) is 15.5 Å². The molecule has 3 rings (SSSR count). The van der Waals surface area contributed by atoms with E-state index < -0.39 is 10.8 Å². The minimum Gasteiger partial charge on any atom is -0.368 e. The Morgan fingerprint density at radius 3 is 2.88 bits per heavy atom. The van der Waals surface area contributed by atoms with Gasteiger partial charge >= 0.3 is 0 Å². The molecule has 0 radical (unpaired) electrons. The number of hydrogen-bond donors (Lipinski definition) is 1. The molecule has 1 fully saturated rings. The number of ether oxygens (including phenoxy) is 1. The first kappa shape index (κ1) is 17.3. The Hall–Kier alpha value is -1.57. The Morgan fingerprint density at radius 1 is 1.38 bits per heavy atom. The molecule has 0 saturated carbocycles. The van der Waals surface area contributed by atoms with Crippen LogP contribution in [0.25, 0.3) is 0 Å². The zero-order chi connectivity index (χ0) is 16.9. The van der Waals surface area contributed by atoms with Gasteiger partial charge in [-0.25, -0.2) is 4.98 Å². The predicted octanol–water partition coefficient (Wildman–Crippen LogP) is 2.11. The highest BCUT2D eigenvalue weighted by molar-refractivity contribution is 7.85. The highest BCUT2D eigenvalue weighted by Gasteiger charge is 2.25. The van der Waals surface area contributed by atoms with Gasteiger partial charge in [0.15, 0.2) is 11.6 Å². The Bertz CT molecular complexity index is 674. The molecule has 1 N–H and O–H groups in total. The van der Waals surface area contributed by atoms with Gasteiger partial charge in [-0.2, -0.15) is 5.10 Å². The second kappa shape index (κ2) is 8.00. The molecule has 0 spiro atoms. The van der Waals surface area contributed by atoms with Gasteiger partial charge in [-0.3, -0.25) is 14.2 Å². The van der Waals surface area contributed by atoms with Crippen molar-refractivity contribution in [2.75, 3.05) is 32.0 Å². The number of aromatic nitrogens is 3. The molecule has 0 unspecified atom stereocenters. The van der Waals surface area contributed by atoms with Gasteiger partial charge in [0, 0.05) is 36.2 Å². The Kier molecular flexibility index (Phi) is 5.76. The fourth-order valence-corrected chi connectivity index (χ4v) is 3.78. The lowest BCUT2D eigenvalue weighted by Gasteiger charge is -2.31. The molecule has 2 aromatic rings. The first-order chi connectivity index (χ1) is 11.6. The van der Waals surface area contributed by atoms with E-state index in [-0.39, 0.29) is 6.10 Å². The van der Waals surface area contributed by atoms with Crippen molar-refractivity contribution in [1.29, 1.82) is 0 Å². The molecule has 1 aromatic carbocycles. The summed E-state index contributed by atoms with van der Waals surface area (Å²) in [7, 11) is -0.961. The molecular weight excluding hydrogens is 324 g/mol. The van der Waals surface area contributed by atoms with E-state index in [9.17, 15) is 4.21 Å². The summed E-state index contributed by atoms with van der Waals surface area (Å²) in [4.78, 5) is 7.70. The number of H-pyrrole nitrogens is 1. The van der Waals surface area contributed by atoms with Gasteiger partial charge in [-0.1, -0.05) is 32.0 Å². The third-order valence-corrected chi connectivity index (χ3v) is 5.44. The molecule has 1 saturated heterocycles. The van der Waals surface area contributed by atoms with Gasteiger partial charge in [0.05, 0.1) is 17.4 Å². The number of aromatic amines is 1. The fraction of sp³-hybridized carbons (Fsp3) is 0.529. The van der Waals surface area contributed by atoms with E-state index in [1.165, 1.54) is 0 Å². The zero-order valence-corrected chi connectivity index (χ0v) is 15.0. The topological polar surface area (TPSA) is 71.1 Å². The highest BCUT2D eigenvalue weighted by atomic mass is 32.2. The quantitative estimate of drug-likeness (QED) is 0.866. The largest absolute Gasteiger partial charge is 0.368 e. The van der Waals surface area contributed by atoms with E-state index >= 15 is 0 Å². The molecule has 0 bridgehead atoms. The van der Waals surface area contributed by atoms with Gasteiger partial charge in [0.25, 0.3) is 0 Å². The Morgan fingerprint density at radius 2 is 2.17 bits per heavy atom. The van der Waals surface area contributed by atoms with Crippen LogP contribution in [0.3, 0.4) is 0 Å². The zero-order valence-electron chi connectivity index (χ0n) is 14.1. The number of nitrogens with zero attached hydrogens (tertiary/aromatic N) is 3. The lowest BCUT2D eigenvalue weighted by molar-refractivity contribution is -0.0321. The lowest BCUT2D eigenvalue weighted by atomic mass is 10.2. The van der Waals surface area contributed by atoms with Crippen molar-refractivity contribution in [3.63, 3.8) is 0 Å². The number of nitrogens with one attached hydrogen (secondary N) is 1. The molecule has 2 atom stereocenters. The number of hydrogen-bond acceptors (Lipinski definition) is 5. The molecule has 7 heteroatoms. The highest BCUT2D eigenvalue weighted by Crippen LogP contribution is 2.20. The minimum atomic E-state index is -0.961. The van der Waals surface area contributed by atoms with Gasteiger partial charge in [-0.05, 0) is 12.1 Å². The summed E-state index contributed by atoms with van der Waals surface area (Å²) < 4.78 is 18.2. The summed E-state index contributed by atoms with van der Waals surface area (Å²) in [6.45, 7) is 7.18. The average Bonchev–Trinajstić information content (AvgIpc) is 3.11. The number of morpholine rings is 1. The summed E-state index contributed by atoms with van der Waals surface area (Å²) in [5.74, 6) is 2.52. The number of rotatable bonds is 6. The second-order valence-electron chi connectivity index (χ2n) is 6.26. The van der Waals surface area contributed by atoms with Crippen molar-refractivity contribution in [3.05, 3.63) is 42.0 Å². The van der Waals surface area contributed by atoms with Crippen molar-refractivity contribution in [1.82, 2.24) is 20.1 Å². The molecule has 130 valence electrons. The summed E-state index contributed by atoms with van der Waals surface area (Å²) >= 11 is 0. The minimum absolute atomic E-state index is 0.0936. The molecule has 2 heterocycles. The van der Waals surface area contributed by atoms with Crippen molar-refractivity contribution in [2.45, 2.75) is 30.8 Å². The molecule has 1 aliphatic rings. The van der Waals surface area contributed by atoms with Crippen LogP contribution < -0.4 is 0 Å². The van der Waals surface area contributed by atoms with E-state index in [4.69, 9.17) is 4.74 Å². The monoisotopic (exact) mass is 348 g/mol. The van der Waals surface area contributed by atoms with Gasteiger partial charge in [0.2, 0.25) is 0 Å². The van der Waals surface area contributed by atoms with E-state index in [0.29, 0.717) is 18.3 Å².